The molecular formula is C21H21F3N3O3+. The number of amidine groups is 1. The zero-order valence-electron chi connectivity index (χ0n) is 16.4. The zero-order valence-corrected chi connectivity index (χ0v) is 16.4. The predicted molar refractivity (Wildman–Crippen MR) is 103 cm³/mol. The Hall–Kier alpha value is -3.36. The average molecular weight is 420 g/mol. The summed E-state index contributed by atoms with van der Waals surface area (Å²) < 4.78 is 47.8. The second-order valence-corrected chi connectivity index (χ2v) is 6.70. The molecule has 1 aliphatic rings. The van der Waals surface area contributed by atoms with E-state index in [9.17, 15) is 22.8 Å². The number of alkyl halides is 3. The van der Waals surface area contributed by atoms with E-state index in [-0.39, 0.29) is 23.7 Å². The van der Waals surface area contributed by atoms with Crippen LogP contribution in [0.2, 0.25) is 0 Å². The molecule has 1 aliphatic heterocycles. The van der Waals surface area contributed by atoms with E-state index in [1.807, 2.05) is 5.32 Å². The summed E-state index contributed by atoms with van der Waals surface area (Å²) in [4.78, 5) is 29.1. The van der Waals surface area contributed by atoms with Crippen LogP contribution < -0.4 is 15.0 Å². The van der Waals surface area contributed by atoms with Gasteiger partial charge in [-0.15, -0.1) is 0 Å². The van der Waals surface area contributed by atoms with Crippen LogP contribution in [-0.4, -0.2) is 48.0 Å². The van der Waals surface area contributed by atoms with Gasteiger partial charge in [0.2, 0.25) is 0 Å². The van der Waals surface area contributed by atoms with Crippen LogP contribution in [0.4, 0.5) is 13.2 Å². The lowest BCUT2D eigenvalue weighted by Crippen LogP contribution is -2.96. The number of hydrogen-bond acceptors (Lipinski definition) is 3. The van der Waals surface area contributed by atoms with Gasteiger partial charge >= 0.3 is 17.7 Å². The number of carbonyl (C=O) groups excluding carboxylic acids is 2. The largest absolute Gasteiger partial charge is 0.496 e. The molecule has 0 aromatic heterocycles. The first-order chi connectivity index (χ1) is 14.2. The molecule has 2 aromatic carbocycles. The van der Waals surface area contributed by atoms with Gasteiger partial charge in [0.1, 0.15) is 5.75 Å². The molecule has 9 heteroatoms. The number of nitrogens with zero attached hydrogens (tertiary/aromatic N) is 1. The van der Waals surface area contributed by atoms with Crippen molar-refractivity contribution < 1.29 is 32.5 Å². The summed E-state index contributed by atoms with van der Waals surface area (Å²) in [5.74, 6) is -2.30. The third-order valence-corrected chi connectivity index (χ3v) is 4.71. The third kappa shape index (κ3) is 3.62. The fraction of sp³-hybridized carbons (Fsp3) is 0.286. The molecule has 0 saturated heterocycles. The Morgan fingerprint density at radius 2 is 1.77 bits per heavy atom. The first-order valence-electron chi connectivity index (χ1n) is 9.30. The van der Waals surface area contributed by atoms with E-state index in [2.05, 4.69) is 4.99 Å². The van der Waals surface area contributed by atoms with Gasteiger partial charge in [0.05, 0.1) is 24.8 Å². The molecule has 0 unspecified atom stereocenters. The van der Waals surface area contributed by atoms with Crippen molar-refractivity contribution in [3.8, 4) is 5.75 Å². The maximum absolute atomic E-state index is 14.3. The maximum Gasteiger partial charge on any atom is 0.465 e. The molecule has 0 aliphatic carbocycles. The maximum atomic E-state index is 14.3. The fourth-order valence-corrected chi connectivity index (χ4v) is 3.28. The predicted octanol–water partition coefficient (Wildman–Crippen LogP) is 1.46. The highest BCUT2D eigenvalue weighted by molar-refractivity contribution is 6.12. The molecule has 30 heavy (non-hydrogen) atoms. The first kappa shape index (κ1) is 21.4. The number of rotatable bonds is 6. The zero-order chi connectivity index (χ0) is 21.9. The highest BCUT2D eigenvalue weighted by Gasteiger charge is 2.72. The molecule has 0 radical (unpaired) electrons. The highest BCUT2D eigenvalue weighted by Crippen LogP contribution is 2.30. The van der Waals surface area contributed by atoms with Crippen LogP contribution in [0.25, 0.3) is 0 Å². The summed E-state index contributed by atoms with van der Waals surface area (Å²) >= 11 is 0. The number of nitrogens with one attached hydrogen (secondary N) is 2. The van der Waals surface area contributed by atoms with Crippen LogP contribution in [0, 0.1) is 0 Å². The summed E-state index contributed by atoms with van der Waals surface area (Å²) in [5, 5.41) is 1.89. The lowest BCUT2D eigenvalue weighted by atomic mass is 10.1. The van der Waals surface area contributed by atoms with Crippen molar-refractivity contribution in [1.29, 1.82) is 0 Å². The molecule has 158 valence electrons. The summed E-state index contributed by atoms with van der Waals surface area (Å²) in [5.41, 5.74) is -3.02. The summed E-state index contributed by atoms with van der Waals surface area (Å²) in [6.45, 7) is 1.80. The molecule has 2 amide bonds. The molecule has 0 fully saturated rings. The van der Waals surface area contributed by atoms with Crippen molar-refractivity contribution in [3.63, 3.8) is 0 Å². The van der Waals surface area contributed by atoms with Gasteiger partial charge in [0, 0.05) is 0 Å². The Kier molecular flexibility index (Phi) is 5.82. The van der Waals surface area contributed by atoms with E-state index in [0.717, 1.165) is 4.90 Å². The van der Waals surface area contributed by atoms with Crippen molar-refractivity contribution in [2.24, 2.45) is 0 Å². The minimum Gasteiger partial charge on any atom is -0.496 e. The number of halogens is 3. The molecule has 2 N–H and O–H groups in total. The number of hydrogen-bond donors (Lipinski definition) is 2. The van der Waals surface area contributed by atoms with Crippen molar-refractivity contribution in [2.75, 3.05) is 13.7 Å². The quantitative estimate of drug-likeness (QED) is 0.744. The van der Waals surface area contributed by atoms with E-state index < -0.39 is 23.7 Å². The second-order valence-electron chi connectivity index (χ2n) is 6.70. The van der Waals surface area contributed by atoms with Crippen molar-refractivity contribution in [3.05, 3.63) is 65.7 Å². The number of methoxy groups -OCH3 is 1. The lowest BCUT2D eigenvalue weighted by molar-refractivity contribution is -0.580. The van der Waals surface area contributed by atoms with Crippen molar-refractivity contribution in [2.45, 2.75) is 25.2 Å². The Morgan fingerprint density at radius 1 is 1.13 bits per heavy atom. The SMILES string of the molecule is CCCN1C(=O)[C@@](NC(=O)c2ccccc2OC)(C(F)(F)F)[NH+]=C1c1ccccc1. The molecular weight excluding hydrogens is 399 g/mol. The minimum atomic E-state index is -5.11. The van der Waals surface area contributed by atoms with Crippen LogP contribution in [0.3, 0.4) is 0 Å². The van der Waals surface area contributed by atoms with Gasteiger partial charge in [0.15, 0.2) is 0 Å². The Bertz CT molecular complexity index is 976. The number of benzene rings is 2. The summed E-state index contributed by atoms with van der Waals surface area (Å²) in [6, 6.07) is 14.0. The van der Waals surface area contributed by atoms with E-state index in [4.69, 9.17) is 4.74 Å². The smallest absolute Gasteiger partial charge is 0.465 e. The van der Waals surface area contributed by atoms with Crippen LogP contribution in [0.15, 0.2) is 54.6 Å². The van der Waals surface area contributed by atoms with Crippen molar-refractivity contribution >= 4 is 17.6 Å². The topological polar surface area (TPSA) is 72.6 Å². The van der Waals surface area contributed by atoms with Gasteiger partial charge in [-0.25, -0.2) is 9.79 Å². The van der Waals surface area contributed by atoms with Gasteiger partial charge in [-0.3, -0.25) is 10.1 Å². The molecule has 0 bridgehead atoms. The third-order valence-electron chi connectivity index (χ3n) is 4.71. The highest BCUT2D eigenvalue weighted by atomic mass is 19.4. The molecule has 1 atom stereocenters. The number of ether oxygens (including phenoxy) is 1. The summed E-state index contributed by atoms with van der Waals surface area (Å²) in [6.07, 6.45) is -4.68. The van der Waals surface area contributed by atoms with E-state index in [1.54, 1.807) is 43.3 Å². The molecule has 2 aromatic rings. The molecule has 6 nitrogen and oxygen atoms in total. The van der Waals surface area contributed by atoms with E-state index in [1.165, 1.54) is 25.3 Å². The normalized spacial score (nSPS) is 18.9. The van der Waals surface area contributed by atoms with Gasteiger partial charge in [-0.1, -0.05) is 37.3 Å². The Labute approximate surface area is 171 Å². The van der Waals surface area contributed by atoms with Crippen LogP contribution in [0.5, 0.6) is 5.75 Å². The van der Waals surface area contributed by atoms with E-state index in [0.29, 0.717) is 12.0 Å². The monoisotopic (exact) mass is 420 g/mol. The number of amides is 2. The Morgan fingerprint density at radius 3 is 2.37 bits per heavy atom. The fourth-order valence-electron chi connectivity index (χ4n) is 3.28. The Balaban J connectivity index is 2.11. The number of carbonyl (C=O) groups is 2. The van der Waals surface area contributed by atoms with E-state index >= 15 is 0 Å². The van der Waals surface area contributed by atoms with Crippen LogP contribution in [-0.2, 0) is 4.79 Å². The van der Waals surface area contributed by atoms with Gasteiger partial charge < -0.3 is 4.74 Å². The van der Waals surface area contributed by atoms with Gasteiger partial charge in [0.25, 0.3) is 11.7 Å². The summed E-state index contributed by atoms with van der Waals surface area (Å²) in [7, 11) is 1.30. The van der Waals surface area contributed by atoms with Gasteiger partial charge in [-0.05, 0) is 30.7 Å². The minimum absolute atomic E-state index is 0.0138. The first-order valence-corrected chi connectivity index (χ1v) is 9.30. The lowest BCUT2D eigenvalue weighted by Gasteiger charge is -2.25. The van der Waals surface area contributed by atoms with Crippen LogP contribution in [0.1, 0.15) is 29.3 Å². The average Bonchev–Trinajstić information content (AvgIpc) is 3.02. The van der Waals surface area contributed by atoms with Gasteiger partial charge in [-0.2, -0.15) is 18.1 Å². The molecule has 1 heterocycles. The van der Waals surface area contributed by atoms with Crippen LogP contribution >= 0.6 is 0 Å². The van der Waals surface area contributed by atoms with Crippen molar-refractivity contribution in [1.82, 2.24) is 10.2 Å². The standard InChI is InChI=1S/C21H20F3N3O3/c1-3-13-27-17(14-9-5-4-6-10-14)25-20(19(27)29,21(22,23)24)26-18(28)15-11-7-8-12-16(15)30-2/h4-12H,3,13H2,1-2H3,(H,26,28)/p+1/t20-/m1/s1. The number of para-hydroxylation sites is 1. The second kappa shape index (κ2) is 8.17. The molecule has 3 rings (SSSR count). The molecule has 0 spiro atoms. The molecule has 0 saturated carbocycles.